The molecule has 1 aliphatic rings. The number of amides is 1. The van der Waals surface area contributed by atoms with Gasteiger partial charge in [-0.1, -0.05) is 11.6 Å². The molecule has 1 fully saturated rings. The Bertz CT molecular complexity index is 763. The van der Waals surface area contributed by atoms with Crippen molar-refractivity contribution in [2.45, 2.75) is 13.0 Å². The van der Waals surface area contributed by atoms with Crippen LogP contribution in [-0.2, 0) is 18.4 Å². The molecule has 3 rings (SSSR count). The minimum atomic E-state index is -0.290. The highest BCUT2D eigenvalue weighted by Crippen LogP contribution is 2.28. The molecule has 1 saturated heterocycles. The van der Waals surface area contributed by atoms with Crippen LogP contribution in [0.1, 0.15) is 6.42 Å². The number of fused-ring (bicyclic) bond motifs is 1. The zero-order chi connectivity index (χ0) is 14.4. The van der Waals surface area contributed by atoms with Crippen molar-refractivity contribution < 1.29 is 4.79 Å². The summed E-state index contributed by atoms with van der Waals surface area (Å²) < 4.78 is 3.38. The van der Waals surface area contributed by atoms with E-state index in [0.717, 1.165) is 19.5 Å². The molecule has 0 bridgehead atoms. The van der Waals surface area contributed by atoms with E-state index in [9.17, 15) is 9.59 Å². The summed E-state index contributed by atoms with van der Waals surface area (Å²) in [4.78, 5) is 30.3. The number of pyridine rings is 1. The Labute approximate surface area is 128 Å². The van der Waals surface area contributed by atoms with E-state index in [1.54, 1.807) is 18.1 Å². The second-order valence-corrected chi connectivity index (χ2v) is 5.99. The summed E-state index contributed by atoms with van der Waals surface area (Å²) in [5, 5.41) is 0.393. The second-order valence-electron chi connectivity index (χ2n) is 4.75. The molecule has 6 nitrogen and oxygen atoms in total. The van der Waals surface area contributed by atoms with E-state index < -0.39 is 0 Å². The third-order valence-corrected chi connectivity index (χ3v) is 4.75. The standard InChI is InChI=1S/C12H12BrClN4O2/c1-16-11-10(9(14)7(13)5-15-11)18(12(16)20)6-8(19)17-3-2-4-17/h5H,2-4,6H2,1H3. The molecule has 0 radical (unpaired) electrons. The molecule has 106 valence electrons. The van der Waals surface area contributed by atoms with E-state index >= 15 is 0 Å². The molecule has 2 aromatic heterocycles. The molecule has 0 saturated carbocycles. The van der Waals surface area contributed by atoms with Crippen LogP contribution in [0.5, 0.6) is 0 Å². The van der Waals surface area contributed by atoms with Crippen LogP contribution in [0.2, 0.25) is 5.02 Å². The third-order valence-electron chi connectivity index (χ3n) is 3.54. The molecular weight excluding hydrogens is 348 g/mol. The number of likely N-dealkylation sites (tertiary alicyclic amines) is 1. The molecule has 0 aromatic carbocycles. The van der Waals surface area contributed by atoms with E-state index in [1.807, 2.05) is 0 Å². The predicted molar refractivity (Wildman–Crippen MR) is 78.9 cm³/mol. The number of hydrogen-bond donors (Lipinski definition) is 0. The molecule has 0 aliphatic carbocycles. The molecule has 0 spiro atoms. The van der Waals surface area contributed by atoms with Gasteiger partial charge < -0.3 is 4.90 Å². The number of aryl methyl sites for hydroxylation is 1. The smallest absolute Gasteiger partial charge is 0.330 e. The van der Waals surface area contributed by atoms with Crippen LogP contribution in [0.25, 0.3) is 11.2 Å². The Morgan fingerprint density at radius 1 is 1.50 bits per heavy atom. The lowest BCUT2D eigenvalue weighted by atomic mass is 10.2. The van der Waals surface area contributed by atoms with Crippen molar-refractivity contribution in [3.8, 4) is 0 Å². The van der Waals surface area contributed by atoms with Crippen LogP contribution >= 0.6 is 27.5 Å². The summed E-state index contributed by atoms with van der Waals surface area (Å²) in [6, 6.07) is 0. The highest BCUT2D eigenvalue weighted by Gasteiger charge is 2.24. The average molecular weight is 360 g/mol. The van der Waals surface area contributed by atoms with Gasteiger partial charge in [0.25, 0.3) is 0 Å². The molecule has 1 aliphatic heterocycles. The first-order valence-corrected chi connectivity index (χ1v) is 7.35. The number of nitrogens with zero attached hydrogens (tertiary/aromatic N) is 4. The maximum absolute atomic E-state index is 12.3. The van der Waals surface area contributed by atoms with Gasteiger partial charge in [0.05, 0.1) is 9.50 Å². The minimum absolute atomic E-state index is 0.00593. The number of imidazole rings is 1. The monoisotopic (exact) mass is 358 g/mol. The van der Waals surface area contributed by atoms with Gasteiger partial charge in [-0.05, 0) is 22.4 Å². The Morgan fingerprint density at radius 2 is 2.20 bits per heavy atom. The van der Waals surface area contributed by atoms with Gasteiger partial charge in [0.2, 0.25) is 5.91 Å². The maximum Gasteiger partial charge on any atom is 0.330 e. The summed E-state index contributed by atoms with van der Waals surface area (Å²) in [5.74, 6) is -0.0677. The summed E-state index contributed by atoms with van der Waals surface area (Å²) in [6.45, 7) is 1.51. The van der Waals surface area contributed by atoms with E-state index in [-0.39, 0.29) is 18.1 Å². The highest BCUT2D eigenvalue weighted by molar-refractivity contribution is 9.10. The van der Waals surface area contributed by atoms with Gasteiger partial charge in [-0.2, -0.15) is 0 Å². The lowest BCUT2D eigenvalue weighted by Gasteiger charge is -2.30. The lowest BCUT2D eigenvalue weighted by molar-refractivity contribution is -0.135. The van der Waals surface area contributed by atoms with Crippen LogP contribution < -0.4 is 5.69 Å². The van der Waals surface area contributed by atoms with Crippen molar-refractivity contribution >= 4 is 44.6 Å². The third kappa shape index (κ3) is 1.96. The molecule has 2 aromatic rings. The van der Waals surface area contributed by atoms with E-state index in [4.69, 9.17) is 11.6 Å². The minimum Gasteiger partial charge on any atom is -0.341 e. The number of carbonyl (C=O) groups is 1. The van der Waals surface area contributed by atoms with E-state index in [1.165, 1.54) is 9.13 Å². The number of carbonyl (C=O) groups excluding carboxylic acids is 1. The Kier molecular flexibility index (Phi) is 3.33. The van der Waals surface area contributed by atoms with Gasteiger partial charge in [0.15, 0.2) is 5.65 Å². The first-order valence-electron chi connectivity index (χ1n) is 6.17. The van der Waals surface area contributed by atoms with Crippen molar-refractivity contribution in [1.29, 1.82) is 0 Å². The number of halogens is 2. The molecule has 3 heterocycles. The maximum atomic E-state index is 12.3. The van der Waals surface area contributed by atoms with Crippen molar-refractivity contribution in [3.05, 3.63) is 26.2 Å². The zero-order valence-corrected chi connectivity index (χ0v) is 13.1. The summed E-state index contributed by atoms with van der Waals surface area (Å²) in [5.41, 5.74) is 0.670. The normalized spacial score (nSPS) is 14.7. The van der Waals surface area contributed by atoms with Crippen LogP contribution in [0.4, 0.5) is 0 Å². The van der Waals surface area contributed by atoms with Gasteiger partial charge >= 0.3 is 5.69 Å². The zero-order valence-electron chi connectivity index (χ0n) is 10.8. The largest absolute Gasteiger partial charge is 0.341 e. The van der Waals surface area contributed by atoms with Gasteiger partial charge in [-0.15, -0.1) is 0 Å². The number of rotatable bonds is 2. The quantitative estimate of drug-likeness (QED) is 0.814. The summed E-state index contributed by atoms with van der Waals surface area (Å²) >= 11 is 9.53. The first kappa shape index (κ1) is 13.6. The van der Waals surface area contributed by atoms with Crippen LogP contribution in [-0.4, -0.2) is 38.0 Å². The highest BCUT2D eigenvalue weighted by atomic mass is 79.9. The molecule has 0 atom stereocenters. The first-order chi connectivity index (χ1) is 9.50. The van der Waals surface area contributed by atoms with E-state index in [2.05, 4.69) is 20.9 Å². The molecule has 0 N–H and O–H groups in total. The molecular formula is C12H12BrClN4O2. The average Bonchev–Trinajstić information content (AvgIpc) is 2.57. The molecule has 20 heavy (non-hydrogen) atoms. The van der Waals surface area contributed by atoms with Crippen molar-refractivity contribution in [3.63, 3.8) is 0 Å². The molecule has 8 heteroatoms. The van der Waals surface area contributed by atoms with Crippen molar-refractivity contribution in [2.75, 3.05) is 13.1 Å². The van der Waals surface area contributed by atoms with Gasteiger partial charge in [-0.3, -0.25) is 13.9 Å². The Hall–Kier alpha value is -1.34. The van der Waals surface area contributed by atoms with Crippen LogP contribution in [0, 0.1) is 0 Å². The van der Waals surface area contributed by atoms with Gasteiger partial charge in [0, 0.05) is 26.3 Å². The van der Waals surface area contributed by atoms with Crippen LogP contribution in [0.3, 0.4) is 0 Å². The van der Waals surface area contributed by atoms with E-state index in [0.29, 0.717) is 20.7 Å². The molecule has 0 unspecified atom stereocenters. The Morgan fingerprint density at radius 3 is 2.80 bits per heavy atom. The van der Waals surface area contributed by atoms with Gasteiger partial charge in [0.1, 0.15) is 12.1 Å². The van der Waals surface area contributed by atoms with Crippen molar-refractivity contribution in [1.82, 2.24) is 19.0 Å². The SMILES string of the molecule is Cn1c(=O)n(CC(=O)N2CCC2)c2c(Cl)c(Br)cnc21. The second kappa shape index (κ2) is 4.89. The van der Waals surface area contributed by atoms with Crippen molar-refractivity contribution in [2.24, 2.45) is 7.05 Å². The van der Waals surface area contributed by atoms with Gasteiger partial charge in [-0.25, -0.2) is 9.78 Å². The molecule has 1 amide bonds. The number of aromatic nitrogens is 3. The predicted octanol–water partition coefficient (Wildman–Crippen LogP) is 1.38. The number of hydrogen-bond acceptors (Lipinski definition) is 3. The summed E-state index contributed by atoms with van der Waals surface area (Å²) in [6.07, 6.45) is 2.57. The fourth-order valence-electron chi connectivity index (χ4n) is 2.25. The fraction of sp³-hybridized carbons (Fsp3) is 0.417. The lowest BCUT2D eigenvalue weighted by Crippen LogP contribution is -2.44. The Balaban J connectivity index is 2.14. The topological polar surface area (TPSA) is 60.1 Å². The summed E-state index contributed by atoms with van der Waals surface area (Å²) in [7, 11) is 1.62. The fourth-order valence-corrected chi connectivity index (χ4v) is 2.77. The van der Waals surface area contributed by atoms with Crippen LogP contribution in [0.15, 0.2) is 15.5 Å².